The van der Waals surface area contributed by atoms with Crippen molar-refractivity contribution in [1.82, 2.24) is 0 Å². The molecule has 1 heteroatoms. The standard InChI is InChI=1S/C20H25N/c1-5-17(3)20(4,6-2)21(18-13-9-7-10-14-18)19-15-11-8-12-16-19/h6-17H,2,5H2,1,3-4H3/t17-,20+/m1/s1. The van der Waals surface area contributed by atoms with Crippen LogP contribution in [0.25, 0.3) is 0 Å². The van der Waals surface area contributed by atoms with Gasteiger partial charge < -0.3 is 4.90 Å². The molecule has 2 atom stereocenters. The Morgan fingerprint density at radius 1 is 1.00 bits per heavy atom. The molecule has 0 aliphatic rings. The molecule has 2 aromatic carbocycles. The number of anilines is 2. The molecule has 0 spiro atoms. The van der Waals surface area contributed by atoms with Crippen molar-refractivity contribution in [2.75, 3.05) is 4.90 Å². The minimum Gasteiger partial charge on any atom is -0.332 e. The van der Waals surface area contributed by atoms with Gasteiger partial charge in [0.1, 0.15) is 0 Å². The molecule has 110 valence electrons. The van der Waals surface area contributed by atoms with Gasteiger partial charge in [-0.25, -0.2) is 0 Å². The molecule has 0 fully saturated rings. The molecule has 0 unspecified atom stereocenters. The Kier molecular flexibility index (Phi) is 4.85. The molecule has 2 rings (SSSR count). The van der Waals surface area contributed by atoms with Crippen LogP contribution in [0.4, 0.5) is 11.4 Å². The van der Waals surface area contributed by atoms with Gasteiger partial charge in [-0.2, -0.15) is 0 Å². The van der Waals surface area contributed by atoms with E-state index in [0.717, 1.165) is 6.42 Å². The average molecular weight is 279 g/mol. The maximum Gasteiger partial charge on any atom is 0.0628 e. The van der Waals surface area contributed by atoms with E-state index in [1.165, 1.54) is 11.4 Å². The fourth-order valence-corrected chi connectivity index (χ4v) is 2.79. The summed E-state index contributed by atoms with van der Waals surface area (Å²) in [5, 5.41) is 0. The molecule has 0 aliphatic carbocycles. The number of benzene rings is 2. The lowest BCUT2D eigenvalue weighted by Crippen LogP contribution is -2.46. The summed E-state index contributed by atoms with van der Waals surface area (Å²) in [6, 6.07) is 21.1. The smallest absolute Gasteiger partial charge is 0.0628 e. The summed E-state index contributed by atoms with van der Waals surface area (Å²) in [5.74, 6) is 0.496. The number of rotatable bonds is 6. The van der Waals surface area contributed by atoms with Crippen molar-refractivity contribution in [3.63, 3.8) is 0 Å². The minimum atomic E-state index is -0.128. The fraction of sp³-hybridized carbons (Fsp3) is 0.300. The van der Waals surface area contributed by atoms with Crippen molar-refractivity contribution < 1.29 is 0 Å². The molecule has 2 aromatic rings. The van der Waals surface area contributed by atoms with Crippen LogP contribution in [0.5, 0.6) is 0 Å². The first-order valence-electron chi connectivity index (χ1n) is 7.67. The third-order valence-corrected chi connectivity index (χ3v) is 4.53. The second-order valence-corrected chi connectivity index (χ2v) is 5.75. The molecule has 21 heavy (non-hydrogen) atoms. The maximum absolute atomic E-state index is 4.13. The van der Waals surface area contributed by atoms with Crippen LogP contribution in [0.3, 0.4) is 0 Å². The normalized spacial score (nSPS) is 15.0. The first kappa shape index (κ1) is 15.4. The maximum atomic E-state index is 4.13. The lowest BCUT2D eigenvalue weighted by atomic mass is 9.82. The molecule has 0 aliphatic heterocycles. The van der Waals surface area contributed by atoms with Gasteiger partial charge in [-0.3, -0.25) is 0 Å². The molecule has 0 saturated carbocycles. The van der Waals surface area contributed by atoms with Crippen LogP contribution in [-0.2, 0) is 0 Å². The van der Waals surface area contributed by atoms with Crippen molar-refractivity contribution in [3.05, 3.63) is 73.3 Å². The monoisotopic (exact) mass is 279 g/mol. The van der Waals surface area contributed by atoms with Crippen molar-refractivity contribution >= 4 is 11.4 Å². The Balaban J connectivity index is 2.58. The van der Waals surface area contributed by atoms with Gasteiger partial charge in [-0.15, -0.1) is 6.58 Å². The summed E-state index contributed by atoms with van der Waals surface area (Å²) in [4.78, 5) is 2.40. The third-order valence-electron chi connectivity index (χ3n) is 4.53. The van der Waals surface area contributed by atoms with Crippen LogP contribution in [0.2, 0.25) is 0 Å². The van der Waals surface area contributed by atoms with Crippen molar-refractivity contribution in [3.8, 4) is 0 Å². The molecule has 0 radical (unpaired) electrons. The first-order valence-corrected chi connectivity index (χ1v) is 7.67. The Labute approximate surface area is 128 Å². The van der Waals surface area contributed by atoms with E-state index in [2.05, 4.69) is 99.0 Å². The highest BCUT2D eigenvalue weighted by atomic mass is 15.2. The van der Waals surface area contributed by atoms with Gasteiger partial charge in [0.2, 0.25) is 0 Å². The molecular weight excluding hydrogens is 254 g/mol. The lowest BCUT2D eigenvalue weighted by Gasteiger charge is -2.45. The zero-order chi connectivity index (χ0) is 15.3. The Morgan fingerprint density at radius 3 is 1.76 bits per heavy atom. The molecule has 1 nitrogen and oxygen atoms in total. The summed E-state index contributed by atoms with van der Waals surface area (Å²) in [6.07, 6.45) is 3.19. The molecular formula is C20H25N. The summed E-state index contributed by atoms with van der Waals surface area (Å²) < 4.78 is 0. The molecule has 0 aromatic heterocycles. The van der Waals surface area contributed by atoms with Crippen molar-refractivity contribution in [2.24, 2.45) is 5.92 Å². The number of para-hydroxylation sites is 2. The summed E-state index contributed by atoms with van der Waals surface area (Å²) in [6.45, 7) is 10.9. The van der Waals surface area contributed by atoms with Gasteiger partial charge in [-0.1, -0.05) is 62.7 Å². The van der Waals surface area contributed by atoms with E-state index in [4.69, 9.17) is 0 Å². The van der Waals surface area contributed by atoms with Gasteiger partial charge in [0, 0.05) is 11.4 Å². The van der Waals surface area contributed by atoms with Gasteiger partial charge in [0.05, 0.1) is 5.54 Å². The first-order chi connectivity index (χ1) is 10.1. The number of hydrogen-bond acceptors (Lipinski definition) is 1. The Bertz CT molecular complexity index is 521. The fourth-order valence-electron chi connectivity index (χ4n) is 2.79. The van der Waals surface area contributed by atoms with Crippen LogP contribution in [0.15, 0.2) is 73.3 Å². The number of nitrogens with zero attached hydrogens (tertiary/aromatic N) is 1. The summed E-state index contributed by atoms with van der Waals surface area (Å²) in [7, 11) is 0. The van der Waals surface area contributed by atoms with Gasteiger partial charge in [0.15, 0.2) is 0 Å². The van der Waals surface area contributed by atoms with Crippen LogP contribution in [0, 0.1) is 5.92 Å². The van der Waals surface area contributed by atoms with Crippen LogP contribution in [0.1, 0.15) is 27.2 Å². The van der Waals surface area contributed by atoms with Crippen LogP contribution >= 0.6 is 0 Å². The Hall–Kier alpha value is -2.02. The van der Waals surface area contributed by atoms with E-state index in [9.17, 15) is 0 Å². The second kappa shape index (κ2) is 6.62. The highest BCUT2D eigenvalue weighted by molar-refractivity contribution is 5.66. The van der Waals surface area contributed by atoms with E-state index >= 15 is 0 Å². The number of hydrogen-bond donors (Lipinski definition) is 0. The highest BCUT2D eigenvalue weighted by Crippen LogP contribution is 2.39. The van der Waals surface area contributed by atoms with E-state index in [0.29, 0.717) is 5.92 Å². The third kappa shape index (κ3) is 3.02. The molecule has 0 amide bonds. The zero-order valence-electron chi connectivity index (χ0n) is 13.3. The van der Waals surface area contributed by atoms with Crippen molar-refractivity contribution in [2.45, 2.75) is 32.7 Å². The largest absolute Gasteiger partial charge is 0.332 e. The highest BCUT2D eigenvalue weighted by Gasteiger charge is 2.34. The van der Waals surface area contributed by atoms with E-state index in [1.807, 2.05) is 0 Å². The Morgan fingerprint density at radius 2 is 1.43 bits per heavy atom. The van der Waals surface area contributed by atoms with E-state index in [-0.39, 0.29) is 5.54 Å². The predicted octanol–water partition coefficient (Wildman–Crippen LogP) is 5.82. The zero-order valence-corrected chi connectivity index (χ0v) is 13.3. The van der Waals surface area contributed by atoms with E-state index in [1.54, 1.807) is 0 Å². The molecule has 0 heterocycles. The predicted molar refractivity (Wildman–Crippen MR) is 93.1 cm³/mol. The van der Waals surface area contributed by atoms with Gasteiger partial charge in [0.25, 0.3) is 0 Å². The van der Waals surface area contributed by atoms with Gasteiger partial charge in [-0.05, 0) is 37.1 Å². The quantitative estimate of drug-likeness (QED) is 0.603. The topological polar surface area (TPSA) is 3.24 Å². The summed E-state index contributed by atoms with van der Waals surface area (Å²) in [5.41, 5.74) is 2.27. The summed E-state index contributed by atoms with van der Waals surface area (Å²) >= 11 is 0. The molecule has 0 saturated heterocycles. The van der Waals surface area contributed by atoms with Crippen LogP contribution < -0.4 is 4.90 Å². The second-order valence-electron chi connectivity index (χ2n) is 5.75. The lowest BCUT2D eigenvalue weighted by molar-refractivity contribution is 0.372. The van der Waals surface area contributed by atoms with Crippen LogP contribution in [-0.4, -0.2) is 5.54 Å². The SMILES string of the molecule is C=C[C@@](C)([C@H](C)CC)N(c1ccccc1)c1ccccc1. The minimum absolute atomic E-state index is 0.128. The van der Waals surface area contributed by atoms with Gasteiger partial charge >= 0.3 is 0 Å². The van der Waals surface area contributed by atoms with Crippen molar-refractivity contribution in [1.29, 1.82) is 0 Å². The molecule has 0 N–H and O–H groups in total. The average Bonchev–Trinajstić information content (AvgIpc) is 2.56. The van der Waals surface area contributed by atoms with E-state index < -0.39 is 0 Å². The molecule has 0 bridgehead atoms.